The first kappa shape index (κ1) is 9.73. The predicted molar refractivity (Wildman–Crippen MR) is 39.3 cm³/mol. The van der Waals surface area contributed by atoms with Crippen LogP contribution in [0.5, 0.6) is 0 Å². The number of benzene rings is 1. The molecule has 0 aliphatic carbocycles. The van der Waals surface area contributed by atoms with Crippen LogP contribution in [0.25, 0.3) is 0 Å². The van der Waals surface area contributed by atoms with Crippen LogP contribution in [0, 0.1) is 17.5 Å². The van der Waals surface area contributed by atoms with Gasteiger partial charge in [0.2, 0.25) is 0 Å². The Balaban J connectivity index is 3.20. The van der Waals surface area contributed by atoms with Crippen LogP contribution in [-0.4, -0.2) is 6.29 Å². The molecule has 1 atom stereocenters. The fourth-order valence-electron chi connectivity index (χ4n) is 0.846. The maximum absolute atomic E-state index is 12.6. The second kappa shape index (κ2) is 3.57. The first-order valence-corrected chi connectivity index (χ1v) is 3.41. The third-order valence-electron chi connectivity index (χ3n) is 1.54. The van der Waals surface area contributed by atoms with Crippen LogP contribution in [0.2, 0.25) is 0 Å². The van der Waals surface area contributed by atoms with Crippen molar-refractivity contribution in [3.05, 3.63) is 35.1 Å². The average Bonchev–Trinajstić information content (AvgIpc) is 2.12. The van der Waals surface area contributed by atoms with Gasteiger partial charge in [-0.15, -0.1) is 0 Å². The van der Waals surface area contributed by atoms with Gasteiger partial charge >= 0.3 is 0 Å². The van der Waals surface area contributed by atoms with Crippen molar-refractivity contribution < 1.29 is 18.0 Å². The van der Waals surface area contributed by atoms with Crippen molar-refractivity contribution in [3.8, 4) is 0 Å². The molecule has 1 unspecified atom stereocenters. The summed E-state index contributed by atoms with van der Waals surface area (Å²) in [7, 11) is 0. The van der Waals surface area contributed by atoms with E-state index in [9.17, 15) is 18.0 Å². The molecule has 1 rings (SSSR count). The lowest BCUT2D eigenvalue weighted by molar-refractivity contribution is -0.109. The molecule has 0 heterocycles. The Morgan fingerprint density at radius 3 is 2.08 bits per heavy atom. The van der Waals surface area contributed by atoms with E-state index < -0.39 is 23.5 Å². The summed E-state index contributed by atoms with van der Waals surface area (Å²) < 4.78 is 37.5. The normalized spacial score (nSPS) is 12.6. The van der Waals surface area contributed by atoms with Gasteiger partial charge in [-0.1, -0.05) is 0 Å². The molecule has 0 spiro atoms. The standard InChI is InChI=1S/C8H6F3NO/c9-5-1-4(7(12)3-13)2-6(10)8(5)11/h1-3,7H,12H2. The zero-order valence-electron chi connectivity index (χ0n) is 6.43. The largest absolute Gasteiger partial charge is 0.318 e. The highest BCUT2D eigenvalue weighted by atomic mass is 19.2. The number of halogens is 3. The van der Waals surface area contributed by atoms with Crippen molar-refractivity contribution in [2.24, 2.45) is 5.73 Å². The highest BCUT2D eigenvalue weighted by Crippen LogP contribution is 2.16. The monoisotopic (exact) mass is 189 g/mol. The van der Waals surface area contributed by atoms with Gasteiger partial charge in [-0.25, -0.2) is 13.2 Å². The number of carbonyl (C=O) groups excluding carboxylic acids is 1. The summed E-state index contributed by atoms with van der Waals surface area (Å²) in [5.74, 6) is -4.28. The molecule has 2 nitrogen and oxygen atoms in total. The van der Waals surface area contributed by atoms with E-state index in [4.69, 9.17) is 5.73 Å². The molecule has 0 aromatic heterocycles. The second-order valence-electron chi connectivity index (χ2n) is 2.46. The Morgan fingerprint density at radius 2 is 1.69 bits per heavy atom. The zero-order valence-corrected chi connectivity index (χ0v) is 6.43. The quantitative estimate of drug-likeness (QED) is 0.562. The fraction of sp³-hybridized carbons (Fsp3) is 0.125. The molecule has 0 aliphatic heterocycles. The van der Waals surface area contributed by atoms with Gasteiger partial charge in [0.15, 0.2) is 17.5 Å². The van der Waals surface area contributed by atoms with Crippen LogP contribution in [-0.2, 0) is 4.79 Å². The van der Waals surface area contributed by atoms with E-state index in [1.807, 2.05) is 0 Å². The Morgan fingerprint density at radius 1 is 1.23 bits per heavy atom. The van der Waals surface area contributed by atoms with Gasteiger partial charge in [-0.2, -0.15) is 0 Å². The summed E-state index contributed by atoms with van der Waals surface area (Å²) in [6, 6.07) is 0.249. The number of hydrogen-bond acceptors (Lipinski definition) is 2. The Labute approximate surface area is 72.2 Å². The van der Waals surface area contributed by atoms with Gasteiger partial charge in [0.05, 0.1) is 6.04 Å². The molecular formula is C8H6F3NO. The number of aldehydes is 1. The average molecular weight is 189 g/mol. The molecule has 0 amide bonds. The Bertz CT molecular complexity index is 317. The van der Waals surface area contributed by atoms with E-state index in [2.05, 4.69) is 0 Å². The van der Waals surface area contributed by atoms with Crippen molar-refractivity contribution in [2.45, 2.75) is 6.04 Å². The summed E-state index contributed by atoms with van der Waals surface area (Å²) in [5.41, 5.74) is 5.07. The third kappa shape index (κ3) is 1.86. The van der Waals surface area contributed by atoms with Crippen LogP contribution in [0.4, 0.5) is 13.2 Å². The molecule has 70 valence electrons. The number of rotatable bonds is 2. The molecular weight excluding hydrogens is 183 g/mol. The van der Waals surface area contributed by atoms with Gasteiger partial charge in [0.25, 0.3) is 0 Å². The van der Waals surface area contributed by atoms with E-state index in [1.165, 1.54) is 0 Å². The molecule has 13 heavy (non-hydrogen) atoms. The second-order valence-corrected chi connectivity index (χ2v) is 2.46. The number of hydrogen-bond donors (Lipinski definition) is 1. The summed E-state index contributed by atoms with van der Waals surface area (Å²) in [5, 5.41) is 0. The van der Waals surface area contributed by atoms with E-state index in [-0.39, 0.29) is 5.56 Å². The summed E-state index contributed by atoms with van der Waals surface area (Å²) in [6.45, 7) is 0. The molecule has 0 aliphatic rings. The van der Waals surface area contributed by atoms with Crippen molar-refractivity contribution in [1.29, 1.82) is 0 Å². The van der Waals surface area contributed by atoms with E-state index >= 15 is 0 Å². The van der Waals surface area contributed by atoms with Gasteiger partial charge in [-0.3, -0.25) is 0 Å². The SMILES string of the molecule is NC(C=O)c1cc(F)c(F)c(F)c1. The van der Waals surface area contributed by atoms with Crippen molar-refractivity contribution in [2.75, 3.05) is 0 Å². The molecule has 0 bridgehead atoms. The van der Waals surface area contributed by atoms with Crippen LogP contribution in [0.1, 0.15) is 11.6 Å². The molecule has 0 radical (unpaired) electrons. The number of nitrogens with two attached hydrogens (primary N) is 1. The summed E-state index contributed by atoms with van der Waals surface area (Å²) >= 11 is 0. The van der Waals surface area contributed by atoms with Crippen LogP contribution >= 0.6 is 0 Å². The van der Waals surface area contributed by atoms with Crippen LogP contribution in [0.15, 0.2) is 12.1 Å². The highest BCUT2D eigenvalue weighted by Gasteiger charge is 2.13. The van der Waals surface area contributed by atoms with E-state index in [0.717, 1.165) is 0 Å². The first-order chi connectivity index (χ1) is 6.06. The van der Waals surface area contributed by atoms with Gasteiger partial charge < -0.3 is 10.5 Å². The Kier molecular flexibility index (Phi) is 2.67. The maximum atomic E-state index is 12.6. The zero-order chi connectivity index (χ0) is 10.0. The highest BCUT2D eigenvalue weighted by molar-refractivity contribution is 5.60. The molecule has 0 saturated heterocycles. The van der Waals surface area contributed by atoms with Crippen molar-refractivity contribution in [1.82, 2.24) is 0 Å². The van der Waals surface area contributed by atoms with Crippen LogP contribution in [0.3, 0.4) is 0 Å². The third-order valence-corrected chi connectivity index (χ3v) is 1.54. The molecule has 1 aromatic rings. The lowest BCUT2D eigenvalue weighted by atomic mass is 10.1. The Hall–Kier alpha value is -1.36. The molecule has 1 aromatic carbocycles. The lowest BCUT2D eigenvalue weighted by Gasteiger charge is -2.04. The van der Waals surface area contributed by atoms with Crippen LogP contribution < -0.4 is 5.73 Å². The fourth-order valence-corrected chi connectivity index (χ4v) is 0.846. The molecule has 2 N–H and O–H groups in total. The lowest BCUT2D eigenvalue weighted by Crippen LogP contribution is -2.12. The molecule has 0 fully saturated rings. The minimum atomic E-state index is -1.57. The first-order valence-electron chi connectivity index (χ1n) is 3.41. The van der Waals surface area contributed by atoms with E-state index in [1.54, 1.807) is 0 Å². The van der Waals surface area contributed by atoms with Crippen molar-refractivity contribution >= 4 is 6.29 Å². The smallest absolute Gasteiger partial charge is 0.194 e. The summed E-state index contributed by atoms with van der Waals surface area (Å²) in [4.78, 5) is 10.1. The van der Waals surface area contributed by atoms with Gasteiger partial charge in [0.1, 0.15) is 6.29 Å². The van der Waals surface area contributed by atoms with Gasteiger partial charge in [-0.05, 0) is 17.7 Å². The topological polar surface area (TPSA) is 43.1 Å². The maximum Gasteiger partial charge on any atom is 0.194 e. The minimum absolute atomic E-state index is 0.0913. The predicted octanol–water partition coefficient (Wildman–Crippen LogP) is 1.30. The molecule has 5 heteroatoms. The van der Waals surface area contributed by atoms with Crippen molar-refractivity contribution in [3.63, 3.8) is 0 Å². The molecule has 0 saturated carbocycles. The van der Waals surface area contributed by atoms with Gasteiger partial charge in [0, 0.05) is 0 Å². The minimum Gasteiger partial charge on any atom is -0.318 e. The summed E-state index contributed by atoms with van der Waals surface area (Å²) in [6.07, 6.45) is 0.312. The number of carbonyl (C=O) groups is 1. The van der Waals surface area contributed by atoms with E-state index in [0.29, 0.717) is 18.4 Å².